The molecule has 1 aromatic carbocycles. The van der Waals surface area contributed by atoms with Crippen LogP contribution in [0.1, 0.15) is 18.4 Å². The highest BCUT2D eigenvalue weighted by Crippen LogP contribution is 2.26. The van der Waals surface area contributed by atoms with Gasteiger partial charge in [-0.15, -0.1) is 0 Å². The Morgan fingerprint density at radius 2 is 2.11 bits per heavy atom. The third-order valence-corrected chi connectivity index (χ3v) is 3.38. The summed E-state index contributed by atoms with van der Waals surface area (Å²) in [7, 11) is 1.91. The molecule has 0 amide bonds. The number of nitrogen functional groups attached to an aromatic ring is 1. The van der Waals surface area contributed by atoms with Gasteiger partial charge in [-0.1, -0.05) is 6.07 Å². The number of hydrogen-bond acceptors (Lipinski definition) is 3. The molecule has 1 aliphatic heterocycles. The highest BCUT2D eigenvalue weighted by atomic mass is 19.1. The maximum absolute atomic E-state index is 13.8. The van der Waals surface area contributed by atoms with Gasteiger partial charge in [0, 0.05) is 26.3 Å². The van der Waals surface area contributed by atoms with Gasteiger partial charge in [0.25, 0.3) is 0 Å². The van der Waals surface area contributed by atoms with Gasteiger partial charge in [-0.05, 0) is 25.0 Å². The van der Waals surface area contributed by atoms with Gasteiger partial charge >= 0.3 is 0 Å². The summed E-state index contributed by atoms with van der Waals surface area (Å²) in [5.74, 6) is -0.680. The van der Waals surface area contributed by atoms with Crippen LogP contribution in [0.3, 0.4) is 0 Å². The lowest BCUT2D eigenvalue weighted by Gasteiger charge is -2.34. The zero-order valence-corrected chi connectivity index (χ0v) is 10.4. The summed E-state index contributed by atoms with van der Waals surface area (Å²) in [6.45, 7) is 1.44. The van der Waals surface area contributed by atoms with Crippen molar-refractivity contribution in [3.8, 4) is 0 Å². The molecule has 0 radical (unpaired) electrons. The first-order valence-corrected chi connectivity index (χ1v) is 6.04. The number of amidine groups is 1. The summed E-state index contributed by atoms with van der Waals surface area (Å²) in [6.07, 6.45) is 1.81. The standard InChI is InChI=1S/C13H18FN3O/c1-17(9-5-7-18-8-6-9)11-4-2-3-10(14)12(11)13(15)16/h2-4,9H,5-8H2,1H3,(H3,15,16). The van der Waals surface area contributed by atoms with Crippen LogP contribution >= 0.6 is 0 Å². The Balaban J connectivity index is 2.31. The molecule has 1 fully saturated rings. The molecule has 1 aliphatic rings. The Bertz CT molecular complexity index is 444. The minimum absolute atomic E-state index is 0.187. The fraction of sp³-hybridized carbons (Fsp3) is 0.462. The number of nitrogens with zero attached hydrogens (tertiary/aromatic N) is 1. The van der Waals surface area contributed by atoms with E-state index in [1.165, 1.54) is 6.07 Å². The molecular formula is C13H18FN3O. The number of hydrogen-bond donors (Lipinski definition) is 2. The Morgan fingerprint density at radius 1 is 1.44 bits per heavy atom. The lowest BCUT2D eigenvalue weighted by Crippen LogP contribution is -2.38. The van der Waals surface area contributed by atoms with Crippen LogP contribution in [0.2, 0.25) is 0 Å². The highest BCUT2D eigenvalue weighted by molar-refractivity contribution is 6.00. The van der Waals surface area contributed by atoms with E-state index in [9.17, 15) is 4.39 Å². The van der Waals surface area contributed by atoms with Gasteiger partial charge in [0.1, 0.15) is 11.7 Å². The normalized spacial score (nSPS) is 16.6. The minimum atomic E-state index is -0.445. The molecule has 0 atom stereocenters. The molecule has 0 aliphatic carbocycles. The van der Waals surface area contributed by atoms with Crippen LogP contribution in [0.4, 0.5) is 10.1 Å². The van der Waals surface area contributed by atoms with Crippen molar-refractivity contribution in [1.82, 2.24) is 0 Å². The van der Waals surface area contributed by atoms with Crippen molar-refractivity contribution in [3.63, 3.8) is 0 Å². The molecule has 1 aromatic rings. The third kappa shape index (κ3) is 2.46. The summed E-state index contributed by atoms with van der Waals surface area (Å²) in [5.41, 5.74) is 6.34. The monoisotopic (exact) mass is 251 g/mol. The Hall–Kier alpha value is -1.62. The SMILES string of the molecule is CN(c1cccc(F)c1C(=N)N)C1CCOCC1. The molecule has 0 bridgehead atoms. The number of ether oxygens (including phenoxy) is 1. The minimum Gasteiger partial charge on any atom is -0.384 e. The zero-order valence-electron chi connectivity index (χ0n) is 10.4. The van der Waals surface area contributed by atoms with E-state index in [2.05, 4.69) is 0 Å². The van der Waals surface area contributed by atoms with E-state index in [-0.39, 0.29) is 11.4 Å². The first-order chi connectivity index (χ1) is 8.61. The molecule has 1 saturated heterocycles. The third-order valence-electron chi connectivity index (χ3n) is 3.38. The van der Waals surface area contributed by atoms with Crippen molar-refractivity contribution in [2.75, 3.05) is 25.2 Å². The molecule has 2 rings (SSSR count). The van der Waals surface area contributed by atoms with Crippen molar-refractivity contribution in [2.24, 2.45) is 5.73 Å². The second kappa shape index (κ2) is 5.35. The largest absolute Gasteiger partial charge is 0.384 e. The maximum Gasteiger partial charge on any atom is 0.136 e. The molecule has 3 N–H and O–H groups in total. The van der Waals surface area contributed by atoms with Crippen LogP contribution in [0.25, 0.3) is 0 Å². The molecule has 0 unspecified atom stereocenters. The average molecular weight is 251 g/mol. The van der Waals surface area contributed by atoms with Gasteiger partial charge in [-0.2, -0.15) is 0 Å². The predicted octanol–water partition coefficient (Wildman–Crippen LogP) is 1.72. The Morgan fingerprint density at radius 3 is 2.72 bits per heavy atom. The second-order valence-electron chi connectivity index (χ2n) is 4.50. The lowest BCUT2D eigenvalue weighted by molar-refractivity contribution is 0.0855. The molecule has 0 aromatic heterocycles. The number of halogens is 1. The lowest BCUT2D eigenvalue weighted by atomic mass is 10.0. The van der Waals surface area contributed by atoms with Crippen molar-refractivity contribution >= 4 is 11.5 Å². The molecule has 0 saturated carbocycles. The van der Waals surface area contributed by atoms with E-state index in [0.717, 1.165) is 26.1 Å². The molecule has 0 spiro atoms. The predicted molar refractivity (Wildman–Crippen MR) is 69.7 cm³/mol. The van der Waals surface area contributed by atoms with Crippen LogP contribution in [-0.2, 0) is 4.74 Å². The fourth-order valence-electron chi connectivity index (χ4n) is 2.34. The smallest absolute Gasteiger partial charge is 0.136 e. The van der Waals surface area contributed by atoms with Crippen molar-refractivity contribution in [2.45, 2.75) is 18.9 Å². The topological polar surface area (TPSA) is 62.3 Å². The average Bonchev–Trinajstić information content (AvgIpc) is 2.38. The Kier molecular flexibility index (Phi) is 3.81. The van der Waals surface area contributed by atoms with Crippen LogP contribution < -0.4 is 10.6 Å². The number of nitrogens with two attached hydrogens (primary N) is 1. The molecule has 98 valence electrons. The zero-order chi connectivity index (χ0) is 13.1. The van der Waals surface area contributed by atoms with Gasteiger partial charge in [0.15, 0.2) is 0 Å². The first-order valence-electron chi connectivity index (χ1n) is 6.04. The van der Waals surface area contributed by atoms with Gasteiger partial charge in [-0.3, -0.25) is 5.41 Å². The van der Waals surface area contributed by atoms with Crippen molar-refractivity contribution < 1.29 is 9.13 Å². The summed E-state index contributed by atoms with van der Waals surface area (Å²) < 4.78 is 19.1. The van der Waals surface area contributed by atoms with E-state index in [0.29, 0.717) is 11.7 Å². The number of rotatable bonds is 3. The van der Waals surface area contributed by atoms with E-state index >= 15 is 0 Å². The van der Waals surface area contributed by atoms with Crippen LogP contribution in [-0.4, -0.2) is 32.1 Å². The quantitative estimate of drug-likeness (QED) is 0.635. The van der Waals surface area contributed by atoms with Crippen molar-refractivity contribution in [3.05, 3.63) is 29.6 Å². The number of nitrogens with one attached hydrogen (secondary N) is 1. The summed E-state index contributed by atoms with van der Waals surface area (Å²) >= 11 is 0. The van der Waals surface area contributed by atoms with Gasteiger partial charge < -0.3 is 15.4 Å². The van der Waals surface area contributed by atoms with Gasteiger partial charge in [-0.25, -0.2) is 4.39 Å². The van der Waals surface area contributed by atoms with Crippen LogP contribution in [0, 0.1) is 11.2 Å². The number of benzene rings is 1. The molecule has 5 heteroatoms. The summed E-state index contributed by atoms with van der Waals surface area (Å²) in [4.78, 5) is 2.00. The summed E-state index contributed by atoms with van der Waals surface area (Å²) in [6, 6.07) is 5.08. The second-order valence-corrected chi connectivity index (χ2v) is 4.50. The highest BCUT2D eigenvalue weighted by Gasteiger charge is 2.22. The summed E-state index contributed by atoms with van der Waals surface area (Å²) in [5, 5.41) is 7.51. The maximum atomic E-state index is 13.8. The van der Waals surface area contributed by atoms with Gasteiger partial charge in [0.05, 0.1) is 11.3 Å². The van der Waals surface area contributed by atoms with E-state index in [1.54, 1.807) is 12.1 Å². The molecule has 18 heavy (non-hydrogen) atoms. The molecule has 1 heterocycles. The van der Waals surface area contributed by atoms with E-state index in [1.807, 2.05) is 11.9 Å². The first kappa shape index (κ1) is 12.8. The van der Waals surface area contributed by atoms with E-state index in [4.69, 9.17) is 15.9 Å². The number of anilines is 1. The molecular weight excluding hydrogens is 233 g/mol. The fourth-order valence-corrected chi connectivity index (χ4v) is 2.34. The van der Waals surface area contributed by atoms with Crippen molar-refractivity contribution in [1.29, 1.82) is 5.41 Å². The van der Waals surface area contributed by atoms with Gasteiger partial charge in [0.2, 0.25) is 0 Å². The Labute approximate surface area is 106 Å². The molecule has 4 nitrogen and oxygen atoms in total. The van der Waals surface area contributed by atoms with Crippen LogP contribution in [0.15, 0.2) is 18.2 Å². The van der Waals surface area contributed by atoms with E-state index < -0.39 is 5.82 Å². The van der Waals surface area contributed by atoms with Crippen LogP contribution in [0.5, 0.6) is 0 Å².